The summed E-state index contributed by atoms with van der Waals surface area (Å²) in [7, 11) is 0. The number of aromatic nitrogens is 1. The molecule has 0 fully saturated rings. The maximum absolute atomic E-state index is 12.2. The summed E-state index contributed by atoms with van der Waals surface area (Å²) in [5, 5.41) is 1.32. The summed E-state index contributed by atoms with van der Waals surface area (Å²) in [6.07, 6.45) is 3.14. The first-order chi connectivity index (χ1) is 8.75. The summed E-state index contributed by atoms with van der Waals surface area (Å²) in [6, 6.07) is 10.3. The number of halogens is 1. The molecule has 0 aliphatic heterocycles. The van der Waals surface area contributed by atoms with Gasteiger partial charge >= 0.3 is 0 Å². The fourth-order valence-corrected chi connectivity index (χ4v) is 2.00. The highest BCUT2D eigenvalue weighted by molar-refractivity contribution is 6.35. The monoisotopic (exact) mass is 257 g/mol. The number of carbonyl (C=O) groups excluding carboxylic acids is 1. The van der Waals surface area contributed by atoms with E-state index in [9.17, 15) is 4.79 Å². The second-order valence-corrected chi connectivity index (χ2v) is 4.23. The van der Waals surface area contributed by atoms with Crippen molar-refractivity contribution in [2.75, 3.05) is 0 Å². The standard InChI is InChI=1S/C14H8ClNO2/c15-11-2-1-3-12-10(11)8-13(18-12)14(17)9-4-6-16-7-5-9/h1-8H. The molecule has 2 heterocycles. The minimum Gasteiger partial charge on any atom is -0.453 e. The Bertz CT molecular complexity index is 719. The van der Waals surface area contributed by atoms with Gasteiger partial charge in [-0.15, -0.1) is 0 Å². The average molecular weight is 258 g/mol. The van der Waals surface area contributed by atoms with Crippen molar-refractivity contribution in [2.24, 2.45) is 0 Å². The van der Waals surface area contributed by atoms with Crippen LogP contribution in [0.5, 0.6) is 0 Å². The van der Waals surface area contributed by atoms with Gasteiger partial charge in [-0.05, 0) is 30.3 Å². The maximum Gasteiger partial charge on any atom is 0.228 e. The summed E-state index contributed by atoms with van der Waals surface area (Å²) >= 11 is 6.04. The Kier molecular flexibility index (Phi) is 2.61. The number of furan rings is 1. The van der Waals surface area contributed by atoms with Crippen molar-refractivity contribution < 1.29 is 9.21 Å². The molecule has 0 atom stereocenters. The van der Waals surface area contributed by atoms with Crippen molar-refractivity contribution in [3.63, 3.8) is 0 Å². The Morgan fingerprint density at radius 2 is 1.94 bits per heavy atom. The molecule has 0 aliphatic rings. The molecule has 4 heteroatoms. The van der Waals surface area contributed by atoms with Crippen LogP contribution >= 0.6 is 11.6 Å². The summed E-state index contributed by atoms with van der Waals surface area (Å²) in [6.45, 7) is 0. The van der Waals surface area contributed by atoms with Gasteiger partial charge in [0.25, 0.3) is 0 Å². The van der Waals surface area contributed by atoms with Gasteiger partial charge in [0.2, 0.25) is 5.78 Å². The lowest BCUT2D eigenvalue weighted by Crippen LogP contribution is -1.98. The second-order valence-electron chi connectivity index (χ2n) is 3.83. The summed E-state index contributed by atoms with van der Waals surface area (Å²) < 4.78 is 5.51. The molecule has 3 rings (SSSR count). The van der Waals surface area contributed by atoms with Crippen molar-refractivity contribution in [1.82, 2.24) is 4.98 Å². The third-order valence-electron chi connectivity index (χ3n) is 2.67. The minimum absolute atomic E-state index is 0.176. The summed E-state index contributed by atoms with van der Waals surface area (Å²) in [4.78, 5) is 16.0. The lowest BCUT2D eigenvalue weighted by atomic mass is 10.1. The molecule has 0 saturated heterocycles. The highest BCUT2D eigenvalue weighted by Crippen LogP contribution is 2.27. The van der Waals surface area contributed by atoms with Crippen molar-refractivity contribution >= 4 is 28.4 Å². The average Bonchev–Trinajstić information content (AvgIpc) is 2.84. The normalized spacial score (nSPS) is 10.7. The van der Waals surface area contributed by atoms with Crippen LogP contribution in [0.3, 0.4) is 0 Å². The van der Waals surface area contributed by atoms with Crippen LogP contribution in [0, 0.1) is 0 Å². The van der Waals surface area contributed by atoms with Gasteiger partial charge in [0.05, 0.1) is 5.02 Å². The van der Waals surface area contributed by atoms with E-state index in [0.717, 1.165) is 5.39 Å². The van der Waals surface area contributed by atoms with E-state index in [1.807, 2.05) is 0 Å². The number of benzene rings is 1. The van der Waals surface area contributed by atoms with E-state index in [1.165, 1.54) is 0 Å². The Morgan fingerprint density at radius 3 is 2.67 bits per heavy atom. The summed E-state index contributed by atoms with van der Waals surface area (Å²) in [5.74, 6) is 0.106. The quantitative estimate of drug-likeness (QED) is 0.657. The molecule has 18 heavy (non-hydrogen) atoms. The number of carbonyl (C=O) groups is 1. The highest BCUT2D eigenvalue weighted by atomic mass is 35.5. The molecule has 0 N–H and O–H groups in total. The minimum atomic E-state index is -0.176. The molecule has 0 bridgehead atoms. The largest absolute Gasteiger partial charge is 0.453 e. The molecule has 0 amide bonds. The van der Waals surface area contributed by atoms with Crippen molar-refractivity contribution in [2.45, 2.75) is 0 Å². The number of pyridine rings is 1. The lowest BCUT2D eigenvalue weighted by Gasteiger charge is -1.94. The van der Waals surface area contributed by atoms with E-state index in [2.05, 4.69) is 4.98 Å². The smallest absolute Gasteiger partial charge is 0.228 e. The van der Waals surface area contributed by atoms with E-state index in [-0.39, 0.29) is 11.5 Å². The first-order valence-corrected chi connectivity index (χ1v) is 5.76. The third kappa shape index (κ3) is 1.79. The van der Waals surface area contributed by atoms with Gasteiger partial charge in [0.15, 0.2) is 5.76 Å². The van der Waals surface area contributed by atoms with E-state index >= 15 is 0 Å². The van der Waals surface area contributed by atoms with Crippen LogP contribution in [0.15, 0.2) is 53.2 Å². The van der Waals surface area contributed by atoms with Crippen molar-refractivity contribution in [3.05, 3.63) is 65.1 Å². The molecule has 0 spiro atoms. The van der Waals surface area contributed by atoms with Gasteiger partial charge in [0.1, 0.15) is 5.58 Å². The molecule has 0 aliphatic carbocycles. The Hall–Kier alpha value is -2.13. The number of fused-ring (bicyclic) bond motifs is 1. The molecule has 3 nitrogen and oxygen atoms in total. The molecular formula is C14H8ClNO2. The molecular weight excluding hydrogens is 250 g/mol. The number of ketones is 1. The molecule has 0 unspecified atom stereocenters. The fourth-order valence-electron chi connectivity index (χ4n) is 1.78. The van der Waals surface area contributed by atoms with Crippen LogP contribution in [0.25, 0.3) is 11.0 Å². The van der Waals surface area contributed by atoms with Crippen molar-refractivity contribution in [3.8, 4) is 0 Å². The van der Waals surface area contributed by atoms with Crippen LogP contribution in [-0.2, 0) is 0 Å². The first kappa shape index (κ1) is 11.0. The number of rotatable bonds is 2. The van der Waals surface area contributed by atoms with Crippen LogP contribution < -0.4 is 0 Å². The molecule has 2 aromatic heterocycles. The first-order valence-electron chi connectivity index (χ1n) is 5.38. The molecule has 3 aromatic rings. The van der Waals surface area contributed by atoms with Gasteiger partial charge in [-0.2, -0.15) is 0 Å². The van der Waals surface area contributed by atoms with Gasteiger partial charge in [-0.1, -0.05) is 17.7 Å². The van der Waals surface area contributed by atoms with Crippen LogP contribution in [0.2, 0.25) is 5.02 Å². The lowest BCUT2D eigenvalue weighted by molar-refractivity contribution is 0.101. The van der Waals surface area contributed by atoms with Crippen LogP contribution in [-0.4, -0.2) is 10.8 Å². The molecule has 0 saturated carbocycles. The predicted octanol–water partition coefficient (Wildman–Crippen LogP) is 3.71. The Labute approximate surface area is 108 Å². The van der Waals surface area contributed by atoms with E-state index in [1.54, 1.807) is 48.8 Å². The van der Waals surface area contributed by atoms with Crippen LogP contribution in [0.4, 0.5) is 0 Å². The predicted molar refractivity (Wildman–Crippen MR) is 68.9 cm³/mol. The van der Waals surface area contributed by atoms with Gasteiger partial charge in [-0.25, -0.2) is 0 Å². The van der Waals surface area contributed by atoms with Gasteiger partial charge in [-0.3, -0.25) is 9.78 Å². The maximum atomic E-state index is 12.2. The number of hydrogen-bond acceptors (Lipinski definition) is 3. The number of hydrogen-bond donors (Lipinski definition) is 0. The van der Waals surface area contributed by atoms with E-state index in [0.29, 0.717) is 16.2 Å². The molecule has 1 aromatic carbocycles. The van der Waals surface area contributed by atoms with Crippen LogP contribution in [0.1, 0.15) is 16.1 Å². The fraction of sp³-hybridized carbons (Fsp3) is 0. The van der Waals surface area contributed by atoms with E-state index in [4.69, 9.17) is 16.0 Å². The topological polar surface area (TPSA) is 43.1 Å². The Balaban J connectivity index is 2.10. The second kappa shape index (κ2) is 4.27. The molecule has 0 radical (unpaired) electrons. The van der Waals surface area contributed by atoms with Crippen molar-refractivity contribution in [1.29, 1.82) is 0 Å². The molecule has 88 valence electrons. The van der Waals surface area contributed by atoms with Gasteiger partial charge in [0, 0.05) is 23.3 Å². The Morgan fingerprint density at radius 1 is 1.17 bits per heavy atom. The zero-order valence-corrected chi connectivity index (χ0v) is 10.0. The number of nitrogens with zero attached hydrogens (tertiary/aromatic N) is 1. The highest BCUT2D eigenvalue weighted by Gasteiger charge is 2.15. The van der Waals surface area contributed by atoms with Gasteiger partial charge < -0.3 is 4.42 Å². The SMILES string of the molecule is O=C(c1ccncc1)c1cc2c(Cl)cccc2o1. The zero-order valence-electron chi connectivity index (χ0n) is 9.26. The zero-order chi connectivity index (χ0) is 12.5. The third-order valence-corrected chi connectivity index (χ3v) is 3.00. The van der Waals surface area contributed by atoms with E-state index < -0.39 is 0 Å². The summed E-state index contributed by atoms with van der Waals surface area (Å²) in [5.41, 5.74) is 1.15.